The Morgan fingerprint density at radius 1 is 1.05 bits per heavy atom. The molecule has 0 spiro atoms. The summed E-state index contributed by atoms with van der Waals surface area (Å²) in [4.78, 5) is 15.1. The van der Waals surface area contributed by atoms with Crippen LogP contribution in [0.3, 0.4) is 0 Å². The molecule has 5 heteroatoms. The van der Waals surface area contributed by atoms with Gasteiger partial charge in [-0.25, -0.2) is 8.42 Å². The Hall–Kier alpha value is -1.36. The summed E-state index contributed by atoms with van der Waals surface area (Å²) in [7, 11) is -3.21. The molecule has 3 rings (SSSR count). The number of likely N-dealkylation sites (tertiary alicyclic amines) is 1. The predicted molar refractivity (Wildman–Crippen MR) is 85.6 cm³/mol. The molecule has 1 aromatic rings. The molecule has 120 valence electrons. The van der Waals surface area contributed by atoms with Gasteiger partial charge in [0.15, 0.2) is 9.84 Å². The molecule has 0 bridgehead atoms. The Kier molecular flexibility index (Phi) is 4.26. The summed E-state index contributed by atoms with van der Waals surface area (Å²) in [6.45, 7) is 0.827. The second kappa shape index (κ2) is 6.03. The van der Waals surface area contributed by atoms with E-state index in [2.05, 4.69) is 0 Å². The minimum absolute atomic E-state index is 0.0525. The number of rotatable bonds is 2. The number of fused-ring (bicyclic) bond motifs is 1. The van der Waals surface area contributed by atoms with E-state index in [1.807, 2.05) is 4.90 Å². The topological polar surface area (TPSA) is 54.5 Å². The van der Waals surface area contributed by atoms with Gasteiger partial charge in [0.2, 0.25) is 0 Å². The van der Waals surface area contributed by atoms with Gasteiger partial charge in [0.05, 0.1) is 4.90 Å². The van der Waals surface area contributed by atoms with Crippen LogP contribution in [0.5, 0.6) is 0 Å². The fourth-order valence-electron chi connectivity index (χ4n) is 3.89. The molecule has 0 radical (unpaired) electrons. The SMILES string of the molecule is CS(=O)(=O)c1ccc(C(=O)N2CCCC3CCCCC32)cc1. The van der Waals surface area contributed by atoms with Crippen molar-refractivity contribution >= 4 is 15.7 Å². The maximum absolute atomic E-state index is 12.8. The third-order valence-electron chi connectivity index (χ3n) is 5.03. The van der Waals surface area contributed by atoms with E-state index < -0.39 is 9.84 Å². The molecule has 1 saturated heterocycles. The minimum atomic E-state index is -3.21. The monoisotopic (exact) mass is 321 g/mol. The van der Waals surface area contributed by atoms with Crippen LogP contribution in [0.1, 0.15) is 48.9 Å². The molecule has 2 unspecified atom stereocenters. The smallest absolute Gasteiger partial charge is 0.254 e. The van der Waals surface area contributed by atoms with Crippen LogP contribution >= 0.6 is 0 Å². The molecular formula is C17H23NO3S. The zero-order valence-corrected chi connectivity index (χ0v) is 13.8. The molecule has 4 nitrogen and oxygen atoms in total. The highest BCUT2D eigenvalue weighted by molar-refractivity contribution is 7.90. The first-order valence-electron chi connectivity index (χ1n) is 8.08. The summed E-state index contributed by atoms with van der Waals surface area (Å²) in [5.74, 6) is 0.707. The van der Waals surface area contributed by atoms with E-state index in [0.717, 1.165) is 19.4 Å². The van der Waals surface area contributed by atoms with Gasteiger partial charge in [-0.3, -0.25) is 4.79 Å². The van der Waals surface area contributed by atoms with Crippen LogP contribution in [0.4, 0.5) is 0 Å². The van der Waals surface area contributed by atoms with E-state index in [4.69, 9.17) is 0 Å². The maximum Gasteiger partial charge on any atom is 0.254 e. The normalized spacial score (nSPS) is 25.6. The number of hydrogen-bond donors (Lipinski definition) is 0. The average molecular weight is 321 g/mol. The van der Waals surface area contributed by atoms with Crippen molar-refractivity contribution in [3.8, 4) is 0 Å². The van der Waals surface area contributed by atoms with Crippen LogP contribution in [0, 0.1) is 5.92 Å². The van der Waals surface area contributed by atoms with E-state index in [1.54, 1.807) is 12.1 Å². The largest absolute Gasteiger partial charge is 0.335 e. The molecule has 1 aliphatic carbocycles. The van der Waals surface area contributed by atoms with Gasteiger partial charge < -0.3 is 4.90 Å². The van der Waals surface area contributed by atoms with Crippen molar-refractivity contribution in [1.82, 2.24) is 4.90 Å². The zero-order valence-electron chi connectivity index (χ0n) is 13.0. The van der Waals surface area contributed by atoms with Crippen molar-refractivity contribution < 1.29 is 13.2 Å². The van der Waals surface area contributed by atoms with Crippen LogP contribution < -0.4 is 0 Å². The van der Waals surface area contributed by atoms with Crippen molar-refractivity contribution in [3.63, 3.8) is 0 Å². The van der Waals surface area contributed by atoms with Crippen molar-refractivity contribution in [2.45, 2.75) is 49.5 Å². The highest BCUT2D eigenvalue weighted by Gasteiger charge is 2.35. The Bertz CT molecular complexity index is 649. The molecule has 1 aliphatic heterocycles. The molecule has 2 aliphatic rings. The van der Waals surface area contributed by atoms with E-state index in [1.165, 1.54) is 44.1 Å². The number of sulfone groups is 1. The molecule has 2 atom stereocenters. The summed E-state index contributed by atoms with van der Waals surface area (Å²) >= 11 is 0. The summed E-state index contributed by atoms with van der Waals surface area (Å²) in [6.07, 6.45) is 8.33. The number of piperidine rings is 1. The molecule has 1 aromatic carbocycles. The maximum atomic E-state index is 12.8. The van der Waals surface area contributed by atoms with Crippen LogP contribution in [0.15, 0.2) is 29.2 Å². The molecule has 1 heterocycles. The van der Waals surface area contributed by atoms with Gasteiger partial charge in [0.1, 0.15) is 0 Å². The summed E-state index contributed by atoms with van der Waals surface area (Å²) in [6, 6.07) is 6.73. The Morgan fingerprint density at radius 2 is 1.68 bits per heavy atom. The van der Waals surface area contributed by atoms with E-state index in [0.29, 0.717) is 17.5 Å². The molecular weight excluding hydrogens is 298 g/mol. The van der Waals surface area contributed by atoms with Crippen LogP contribution in [-0.4, -0.2) is 38.1 Å². The Balaban J connectivity index is 1.80. The second-order valence-corrected chi connectivity index (χ2v) is 8.56. The van der Waals surface area contributed by atoms with Crippen molar-refractivity contribution in [3.05, 3.63) is 29.8 Å². The van der Waals surface area contributed by atoms with Gasteiger partial charge in [-0.05, 0) is 55.9 Å². The van der Waals surface area contributed by atoms with E-state index >= 15 is 0 Å². The third-order valence-corrected chi connectivity index (χ3v) is 6.16. The van der Waals surface area contributed by atoms with Gasteiger partial charge in [0, 0.05) is 24.4 Å². The van der Waals surface area contributed by atoms with E-state index in [-0.39, 0.29) is 10.8 Å². The lowest BCUT2D eigenvalue weighted by Crippen LogP contribution is -2.49. The first-order chi connectivity index (χ1) is 10.5. The van der Waals surface area contributed by atoms with Gasteiger partial charge in [-0.1, -0.05) is 12.8 Å². The minimum Gasteiger partial charge on any atom is -0.335 e. The van der Waals surface area contributed by atoms with Crippen LogP contribution in [0.2, 0.25) is 0 Å². The summed E-state index contributed by atoms with van der Waals surface area (Å²) in [5, 5.41) is 0. The zero-order chi connectivity index (χ0) is 15.7. The lowest BCUT2D eigenvalue weighted by atomic mass is 9.78. The number of benzene rings is 1. The molecule has 22 heavy (non-hydrogen) atoms. The Morgan fingerprint density at radius 3 is 2.36 bits per heavy atom. The molecule has 0 N–H and O–H groups in total. The lowest BCUT2D eigenvalue weighted by Gasteiger charge is -2.44. The average Bonchev–Trinajstić information content (AvgIpc) is 2.53. The molecule has 1 saturated carbocycles. The predicted octanol–water partition coefficient (Wildman–Crippen LogP) is 2.88. The summed E-state index contributed by atoms with van der Waals surface area (Å²) < 4.78 is 23.0. The first kappa shape index (κ1) is 15.5. The number of amides is 1. The van der Waals surface area contributed by atoms with E-state index in [9.17, 15) is 13.2 Å². The quantitative estimate of drug-likeness (QED) is 0.841. The van der Waals surface area contributed by atoms with Gasteiger partial charge in [-0.2, -0.15) is 0 Å². The van der Waals surface area contributed by atoms with Crippen molar-refractivity contribution in [2.24, 2.45) is 5.92 Å². The van der Waals surface area contributed by atoms with Gasteiger partial charge >= 0.3 is 0 Å². The third kappa shape index (κ3) is 3.05. The van der Waals surface area contributed by atoms with Gasteiger partial charge in [-0.15, -0.1) is 0 Å². The Labute approximate surface area is 132 Å². The van der Waals surface area contributed by atoms with Crippen molar-refractivity contribution in [2.75, 3.05) is 12.8 Å². The highest BCUT2D eigenvalue weighted by Crippen LogP contribution is 2.35. The van der Waals surface area contributed by atoms with Crippen LogP contribution in [0.25, 0.3) is 0 Å². The number of hydrogen-bond acceptors (Lipinski definition) is 3. The molecule has 1 amide bonds. The number of carbonyl (C=O) groups excluding carboxylic acids is 1. The lowest BCUT2D eigenvalue weighted by molar-refractivity contribution is 0.0390. The summed E-state index contributed by atoms with van der Waals surface area (Å²) in [5.41, 5.74) is 0.596. The molecule has 0 aromatic heterocycles. The van der Waals surface area contributed by atoms with Crippen molar-refractivity contribution in [1.29, 1.82) is 0 Å². The number of nitrogens with zero attached hydrogens (tertiary/aromatic N) is 1. The fourth-order valence-corrected chi connectivity index (χ4v) is 4.52. The first-order valence-corrected chi connectivity index (χ1v) is 9.97. The van der Waals surface area contributed by atoms with Gasteiger partial charge in [0.25, 0.3) is 5.91 Å². The molecule has 2 fully saturated rings. The second-order valence-electron chi connectivity index (χ2n) is 6.55. The number of carbonyl (C=O) groups is 1. The fraction of sp³-hybridized carbons (Fsp3) is 0.588. The standard InChI is InChI=1S/C17H23NO3S/c1-22(20,21)15-10-8-14(9-11-15)17(19)18-12-4-6-13-5-2-3-7-16(13)18/h8-11,13,16H,2-7,12H2,1H3. The highest BCUT2D eigenvalue weighted by atomic mass is 32.2. The van der Waals surface area contributed by atoms with Crippen LogP contribution in [-0.2, 0) is 9.84 Å².